The van der Waals surface area contributed by atoms with Crippen molar-refractivity contribution >= 4 is 23.1 Å². The highest BCUT2D eigenvalue weighted by molar-refractivity contribution is 8.00. The molecule has 18 heavy (non-hydrogen) atoms. The summed E-state index contributed by atoms with van der Waals surface area (Å²) < 4.78 is 5.23. The molecule has 0 radical (unpaired) electrons. The van der Waals surface area contributed by atoms with E-state index >= 15 is 0 Å². The first-order chi connectivity index (χ1) is 8.60. The van der Waals surface area contributed by atoms with Crippen molar-refractivity contribution in [3.8, 4) is 5.75 Å². The highest BCUT2D eigenvalue weighted by Crippen LogP contribution is 2.33. The molecule has 1 fully saturated rings. The first kappa shape index (κ1) is 13.0. The predicted octanol–water partition coefficient (Wildman–Crippen LogP) is 2.91. The van der Waals surface area contributed by atoms with Gasteiger partial charge in [0.05, 0.1) is 17.7 Å². The largest absolute Gasteiger partial charge is 0.495 e. The minimum absolute atomic E-state index is 0.0806. The Labute approximate surface area is 110 Å². The molecular weight excluding hydrogens is 252 g/mol. The van der Waals surface area contributed by atoms with E-state index in [1.54, 1.807) is 13.2 Å². The lowest BCUT2D eigenvalue weighted by atomic mass is 10.1. The van der Waals surface area contributed by atoms with Crippen LogP contribution in [0.3, 0.4) is 0 Å². The van der Waals surface area contributed by atoms with Crippen LogP contribution in [0.5, 0.6) is 5.75 Å². The average molecular weight is 268 g/mol. The van der Waals surface area contributed by atoms with E-state index in [1.165, 1.54) is 12.1 Å². The summed E-state index contributed by atoms with van der Waals surface area (Å²) in [5.41, 5.74) is 0.781. The molecule has 1 aliphatic heterocycles. The van der Waals surface area contributed by atoms with Gasteiger partial charge in [0.2, 0.25) is 0 Å². The molecule has 2 atom stereocenters. The number of ether oxygens (including phenoxy) is 1. The Morgan fingerprint density at radius 1 is 1.56 bits per heavy atom. The molecule has 2 rings (SSSR count). The third-order valence-corrected chi connectivity index (χ3v) is 4.31. The van der Waals surface area contributed by atoms with Gasteiger partial charge >= 0.3 is 0 Å². The number of nitro benzene ring substituents is 1. The van der Waals surface area contributed by atoms with Crippen LogP contribution in [0.4, 0.5) is 11.4 Å². The molecule has 0 amide bonds. The number of hydrogen-bond donors (Lipinski definition) is 1. The van der Waals surface area contributed by atoms with E-state index in [0.29, 0.717) is 22.7 Å². The number of rotatable bonds is 4. The minimum Gasteiger partial charge on any atom is -0.495 e. The molecule has 1 aliphatic rings. The topological polar surface area (TPSA) is 64.4 Å². The van der Waals surface area contributed by atoms with Crippen molar-refractivity contribution in [3.63, 3.8) is 0 Å². The molecule has 2 unspecified atom stereocenters. The Hall–Kier alpha value is -1.43. The van der Waals surface area contributed by atoms with Crippen LogP contribution in [0.25, 0.3) is 0 Å². The lowest BCUT2D eigenvalue weighted by Crippen LogP contribution is -2.19. The molecule has 0 saturated carbocycles. The van der Waals surface area contributed by atoms with E-state index in [9.17, 15) is 10.1 Å². The van der Waals surface area contributed by atoms with E-state index in [0.717, 1.165) is 12.2 Å². The smallest absolute Gasteiger partial charge is 0.271 e. The van der Waals surface area contributed by atoms with Gasteiger partial charge in [0.15, 0.2) is 0 Å². The van der Waals surface area contributed by atoms with Gasteiger partial charge in [-0.25, -0.2) is 0 Å². The zero-order valence-electron chi connectivity index (χ0n) is 10.4. The monoisotopic (exact) mass is 268 g/mol. The summed E-state index contributed by atoms with van der Waals surface area (Å²) in [6, 6.07) is 4.97. The highest BCUT2D eigenvalue weighted by Gasteiger charge is 2.23. The van der Waals surface area contributed by atoms with Crippen LogP contribution in [-0.4, -0.2) is 29.1 Å². The lowest BCUT2D eigenvalue weighted by Gasteiger charge is -2.15. The molecule has 98 valence electrons. The summed E-state index contributed by atoms with van der Waals surface area (Å²) in [5.74, 6) is 1.66. The van der Waals surface area contributed by atoms with E-state index < -0.39 is 4.92 Å². The molecule has 0 aliphatic carbocycles. The Bertz CT molecular complexity index is 453. The van der Waals surface area contributed by atoms with Crippen LogP contribution < -0.4 is 10.1 Å². The zero-order valence-corrected chi connectivity index (χ0v) is 11.2. The molecule has 1 saturated heterocycles. The van der Waals surface area contributed by atoms with Gasteiger partial charge in [-0.3, -0.25) is 10.1 Å². The van der Waals surface area contributed by atoms with Crippen molar-refractivity contribution in [1.29, 1.82) is 0 Å². The lowest BCUT2D eigenvalue weighted by molar-refractivity contribution is -0.384. The number of benzene rings is 1. The van der Waals surface area contributed by atoms with Gasteiger partial charge in [0.1, 0.15) is 5.75 Å². The normalized spacial score (nSPS) is 22.8. The van der Waals surface area contributed by atoms with Crippen LogP contribution in [-0.2, 0) is 0 Å². The standard InChI is InChI=1S/C12H16N2O3S/c1-8-5-9(7-18-8)13-11-6-10(14(15)16)3-4-12(11)17-2/h3-4,6,8-9,13H,5,7H2,1-2H3. The van der Waals surface area contributed by atoms with Crippen molar-refractivity contribution in [2.75, 3.05) is 18.2 Å². The Balaban J connectivity index is 2.18. The number of hydrogen-bond acceptors (Lipinski definition) is 5. The summed E-state index contributed by atoms with van der Waals surface area (Å²) in [6.07, 6.45) is 1.07. The molecule has 6 heteroatoms. The highest BCUT2D eigenvalue weighted by atomic mass is 32.2. The number of nitrogens with zero attached hydrogens (tertiary/aromatic N) is 1. The molecule has 5 nitrogen and oxygen atoms in total. The molecular formula is C12H16N2O3S. The maximum Gasteiger partial charge on any atom is 0.271 e. The maximum atomic E-state index is 10.8. The van der Waals surface area contributed by atoms with Gasteiger partial charge in [-0.15, -0.1) is 0 Å². The van der Waals surface area contributed by atoms with Crippen molar-refractivity contribution in [3.05, 3.63) is 28.3 Å². The Kier molecular flexibility index (Phi) is 3.96. The fourth-order valence-corrected chi connectivity index (χ4v) is 3.21. The van der Waals surface area contributed by atoms with Gasteiger partial charge in [0, 0.05) is 29.2 Å². The molecule has 0 bridgehead atoms. The van der Waals surface area contributed by atoms with Crippen LogP contribution in [0, 0.1) is 10.1 Å². The number of nitro groups is 1. The van der Waals surface area contributed by atoms with Crippen molar-refractivity contribution in [2.45, 2.75) is 24.6 Å². The van der Waals surface area contributed by atoms with Gasteiger partial charge < -0.3 is 10.1 Å². The third kappa shape index (κ3) is 2.87. The quantitative estimate of drug-likeness (QED) is 0.672. The molecule has 1 aromatic carbocycles. The van der Waals surface area contributed by atoms with Crippen molar-refractivity contribution < 1.29 is 9.66 Å². The molecule has 1 heterocycles. The van der Waals surface area contributed by atoms with Crippen molar-refractivity contribution in [1.82, 2.24) is 0 Å². The van der Waals surface area contributed by atoms with Gasteiger partial charge in [0.25, 0.3) is 5.69 Å². The van der Waals surface area contributed by atoms with E-state index in [1.807, 2.05) is 11.8 Å². The second-order valence-electron chi connectivity index (χ2n) is 4.36. The maximum absolute atomic E-state index is 10.8. The molecule has 0 spiro atoms. The second-order valence-corrected chi connectivity index (χ2v) is 5.83. The van der Waals surface area contributed by atoms with Crippen LogP contribution in [0.15, 0.2) is 18.2 Å². The summed E-state index contributed by atoms with van der Waals surface area (Å²) in [5, 5.41) is 14.7. The zero-order chi connectivity index (χ0) is 13.1. The SMILES string of the molecule is COc1ccc([N+](=O)[O-])cc1NC1CSC(C)C1. The summed E-state index contributed by atoms with van der Waals surface area (Å²) >= 11 is 1.91. The number of nitrogens with one attached hydrogen (secondary N) is 1. The van der Waals surface area contributed by atoms with E-state index in [4.69, 9.17) is 4.74 Å². The number of anilines is 1. The Morgan fingerprint density at radius 2 is 2.33 bits per heavy atom. The fourth-order valence-electron chi connectivity index (χ4n) is 2.06. The van der Waals surface area contributed by atoms with E-state index in [2.05, 4.69) is 12.2 Å². The molecule has 1 N–H and O–H groups in total. The van der Waals surface area contributed by atoms with Crippen molar-refractivity contribution in [2.24, 2.45) is 0 Å². The molecule has 1 aromatic rings. The fraction of sp³-hybridized carbons (Fsp3) is 0.500. The minimum atomic E-state index is -0.392. The summed E-state index contributed by atoms with van der Waals surface area (Å²) in [7, 11) is 1.57. The van der Waals surface area contributed by atoms with Gasteiger partial charge in [-0.1, -0.05) is 6.92 Å². The number of methoxy groups -OCH3 is 1. The number of thioether (sulfide) groups is 1. The third-order valence-electron chi connectivity index (χ3n) is 2.95. The Morgan fingerprint density at radius 3 is 2.89 bits per heavy atom. The first-order valence-electron chi connectivity index (χ1n) is 5.80. The summed E-state index contributed by atoms with van der Waals surface area (Å²) in [6.45, 7) is 2.19. The van der Waals surface area contributed by atoms with Gasteiger partial charge in [-0.05, 0) is 12.5 Å². The summed E-state index contributed by atoms with van der Waals surface area (Å²) in [4.78, 5) is 10.4. The van der Waals surface area contributed by atoms with Crippen LogP contribution >= 0.6 is 11.8 Å². The van der Waals surface area contributed by atoms with Crippen LogP contribution in [0.1, 0.15) is 13.3 Å². The second kappa shape index (κ2) is 5.48. The number of non-ortho nitro benzene ring substituents is 1. The predicted molar refractivity (Wildman–Crippen MR) is 73.6 cm³/mol. The van der Waals surface area contributed by atoms with Gasteiger partial charge in [-0.2, -0.15) is 11.8 Å². The first-order valence-corrected chi connectivity index (χ1v) is 6.85. The van der Waals surface area contributed by atoms with E-state index in [-0.39, 0.29) is 5.69 Å². The average Bonchev–Trinajstić information content (AvgIpc) is 2.74. The van der Waals surface area contributed by atoms with Crippen LogP contribution in [0.2, 0.25) is 0 Å². The molecule has 0 aromatic heterocycles.